The number of piperidine rings is 2. The van der Waals surface area contributed by atoms with E-state index in [1.807, 2.05) is 28.0 Å². The van der Waals surface area contributed by atoms with Crippen molar-refractivity contribution >= 4 is 34.7 Å². The molecule has 3 fully saturated rings. The van der Waals surface area contributed by atoms with Crippen LogP contribution in [0.1, 0.15) is 104 Å². The van der Waals surface area contributed by atoms with Gasteiger partial charge < -0.3 is 14.7 Å². The number of nitrogens with zero attached hydrogens (tertiary/aromatic N) is 5. The molecule has 2 amide bonds. The van der Waals surface area contributed by atoms with Gasteiger partial charge in [-0.1, -0.05) is 32.9 Å². The molecule has 258 valence electrons. The molecule has 0 saturated carbocycles. The van der Waals surface area contributed by atoms with Crippen molar-refractivity contribution in [1.29, 1.82) is 0 Å². The first-order chi connectivity index (χ1) is 22.4. The maximum absolute atomic E-state index is 15.7. The number of thioether (sulfide) groups is 1. The molecule has 0 aliphatic carbocycles. The van der Waals surface area contributed by atoms with Gasteiger partial charge >= 0.3 is 5.69 Å². The number of benzene rings is 1. The molecule has 0 radical (unpaired) electrons. The molecule has 3 aromatic rings. The summed E-state index contributed by atoms with van der Waals surface area (Å²) in [7, 11) is 0. The fraction of sp³-hybridized carbons (Fsp3) is 0.611. The zero-order valence-electron chi connectivity index (χ0n) is 28.4. The summed E-state index contributed by atoms with van der Waals surface area (Å²) < 4.78 is 17.5. The molecule has 1 N–H and O–H groups in total. The second-order valence-electron chi connectivity index (χ2n) is 15.0. The highest BCUT2D eigenvalue weighted by Crippen LogP contribution is 2.48. The number of aromatic amines is 1. The number of amides is 2. The van der Waals surface area contributed by atoms with Crippen molar-refractivity contribution in [2.45, 2.75) is 102 Å². The lowest BCUT2D eigenvalue weighted by Crippen LogP contribution is -2.42. The van der Waals surface area contributed by atoms with Crippen LogP contribution in [0.2, 0.25) is 0 Å². The third-order valence-corrected chi connectivity index (χ3v) is 11.8. The highest BCUT2D eigenvalue weighted by Gasteiger charge is 2.44. The van der Waals surface area contributed by atoms with E-state index in [2.05, 4.69) is 49.5 Å². The molecule has 3 aliphatic rings. The number of rotatable bonds is 8. The molecule has 1 aromatic carbocycles. The summed E-state index contributed by atoms with van der Waals surface area (Å²) in [6, 6.07) is 9.47. The average molecular weight is 669 g/mol. The first-order valence-corrected chi connectivity index (χ1v) is 18.2. The van der Waals surface area contributed by atoms with Crippen molar-refractivity contribution in [3.05, 3.63) is 64.0 Å². The van der Waals surface area contributed by atoms with Gasteiger partial charge in [-0.25, -0.2) is 14.2 Å². The Hall–Kier alpha value is -3.18. The number of imidazole rings is 1. The molecule has 9 nitrogen and oxygen atoms in total. The summed E-state index contributed by atoms with van der Waals surface area (Å²) >= 11 is 1.51. The summed E-state index contributed by atoms with van der Waals surface area (Å²) in [4.78, 5) is 53.8. The van der Waals surface area contributed by atoms with Crippen LogP contribution in [0, 0.1) is 11.2 Å². The lowest BCUT2D eigenvalue weighted by atomic mass is 9.85. The fourth-order valence-corrected chi connectivity index (χ4v) is 9.04. The molecular formula is C36H53FN6O3S. The van der Waals surface area contributed by atoms with Gasteiger partial charge in [-0.15, -0.1) is 11.8 Å². The number of nitrogens with one attached hydrogen (secondary N) is 1. The van der Waals surface area contributed by atoms with E-state index in [1.54, 1.807) is 22.9 Å². The van der Waals surface area contributed by atoms with Gasteiger partial charge in [-0.2, -0.15) is 0 Å². The third-order valence-electron chi connectivity index (χ3n) is 10.3. The average Bonchev–Trinajstić information content (AvgIpc) is 3.54. The molecule has 6 rings (SSSR count). The van der Waals surface area contributed by atoms with E-state index >= 15 is 4.39 Å². The minimum Gasteiger partial charge on any atom is -0.342 e. The van der Waals surface area contributed by atoms with Crippen LogP contribution in [0.5, 0.6) is 0 Å². The first kappa shape index (κ1) is 33.7. The summed E-state index contributed by atoms with van der Waals surface area (Å²) in [5.41, 5.74) is 2.82. The summed E-state index contributed by atoms with van der Waals surface area (Å²) in [5.74, 6) is -0.167. The number of likely N-dealkylation sites (tertiary alicyclic amines) is 2. The van der Waals surface area contributed by atoms with E-state index in [4.69, 9.17) is 0 Å². The van der Waals surface area contributed by atoms with Crippen molar-refractivity contribution in [1.82, 2.24) is 29.2 Å². The van der Waals surface area contributed by atoms with Crippen LogP contribution in [0.15, 0.2) is 41.3 Å². The number of pyridine rings is 1. The number of H-pyrrole nitrogens is 1. The Balaban J connectivity index is 0.00000270. The van der Waals surface area contributed by atoms with Crippen molar-refractivity contribution in [2.24, 2.45) is 5.41 Å². The minimum atomic E-state index is -0.522. The van der Waals surface area contributed by atoms with Gasteiger partial charge in [0, 0.05) is 47.2 Å². The topological polar surface area (TPSA) is 94.5 Å². The predicted octanol–water partition coefficient (Wildman–Crippen LogP) is 6.58. The van der Waals surface area contributed by atoms with Gasteiger partial charge in [0.1, 0.15) is 11.2 Å². The Kier molecular flexibility index (Phi) is 9.86. The van der Waals surface area contributed by atoms with Gasteiger partial charge in [0.2, 0.25) is 11.8 Å². The largest absolute Gasteiger partial charge is 0.342 e. The molecule has 2 aromatic heterocycles. The van der Waals surface area contributed by atoms with Gasteiger partial charge in [-0.3, -0.25) is 19.1 Å². The van der Waals surface area contributed by atoms with E-state index < -0.39 is 5.25 Å². The SMILES string of the molecule is CC(C)N1CCC(c2c(F)cccc2[C@@H]2S[C@@H](CC(=O)N3CCC(n4c(=O)[nH]c5ncccc54)CC3)C(=O)N2CCC(C)(C)C)CC1.[HH].[HH]. The fourth-order valence-electron chi connectivity index (χ4n) is 7.53. The smallest absolute Gasteiger partial charge is 0.327 e. The molecule has 5 heterocycles. The highest BCUT2D eigenvalue weighted by molar-refractivity contribution is 8.01. The number of hydrogen-bond acceptors (Lipinski definition) is 6. The molecule has 0 unspecified atom stereocenters. The molecule has 3 aliphatic heterocycles. The normalized spacial score (nSPS) is 22.2. The van der Waals surface area contributed by atoms with E-state index in [0.717, 1.165) is 49.0 Å². The van der Waals surface area contributed by atoms with Crippen molar-refractivity contribution in [3.8, 4) is 0 Å². The van der Waals surface area contributed by atoms with Crippen molar-refractivity contribution < 1.29 is 16.8 Å². The third kappa shape index (κ3) is 7.16. The van der Waals surface area contributed by atoms with Crippen LogP contribution in [0.3, 0.4) is 0 Å². The Morgan fingerprint density at radius 1 is 1.06 bits per heavy atom. The standard InChI is InChI=1S/C36H49FN6O3S.2H2/c1-23(2)40-17-11-24(12-18-40)31-26(8-6-9-27(31)37)34-42(21-15-36(3,4)5)33(45)29(47-34)22-30(44)41-19-13-25(14-20-41)43-28-10-7-16-38-32(28)39-35(43)46;;/h6-10,16,23-25,29,34H,11-15,17-22H2,1-5H3,(H,38,39,46);2*1H/t29-,34-;;/m0../s1. The van der Waals surface area contributed by atoms with Crippen molar-refractivity contribution in [3.63, 3.8) is 0 Å². The number of carbonyl (C=O) groups excluding carboxylic acids is 2. The van der Waals surface area contributed by atoms with Crippen LogP contribution < -0.4 is 5.69 Å². The Morgan fingerprint density at radius 3 is 2.47 bits per heavy atom. The monoisotopic (exact) mass is 668 g/mol. The van der Waals surface area contributed by atoms with Gasteiger partial charge in [0.05, 0.1) is 10.8 Å². The summed E-state index contributed by atoms with van der Waals surface area (Å²) in [6.07, 6.45) is 5.67. The van der Waals surface area contributed by atoms with E-state index in [1.165, 1.54) is 11.8 Å². The highest BCUT2D eigenvalue weighted by atomic mass is 32.2. The minimum absolute atomic E-state index is 0. The van der Waals surface area contributed by atoms with Crippen LogP contribution in [-0.4, -0.2) is 85.1 Å². The van der Waals surface area contributed by atoms with Crippen LogP contribution in [-0.2, 0) is 9.59 Å². The van der Waals surface area contributed by atoms with Crippen molar-refractivity contribution in [2.75, 3.05) is 32.7 Å². The van der Waals surface area contributed by atoms with E-state index in [9.17, 15) is 14.4 Å². The Labute approximate surface area is 284 Å². The number of carbonyl (C=O) groups is 2. The zero-order chi connectivity index (χ0) is 33.5. The van der Waals surface area contributed by atoms with Gasteiger partial charge in [0.25, 0.3) is 0 Å². The van der Waals surface area contributed by atoms with Gasteiger partial charge in [-0.05, 0) is 99.7 Å². The lowest BCUT2D eigenvalue weighted by molar-refractivity contribution is -0.136. The maximum Gasteiger partial charge on any atom is 0.327 e. The lowest BCUT2D eigenvalue weighted by Gasteiger charge is -2.36. The predicted molar refractivity (Wildman–Crippen MR) is 189 cm³/mol. The van der Waals surface area contributed by atoms with Crippen LogP contribution in [0.25, 0.3) is 11.2 Å². The van der Waals surface area contributed by atoms with Crippen LogP contribution >= 0.6 is 11.8 Å². The molecular weight excluding hydrogens is 616 g/mol. The summed E-state index contributed by atoms with van der Waals surface area (Å²) in [5, 5.41) is -0.851. The van der Waals surface area contributed by atoms with Crippen LogP contribution in [0.4, 0.5) is 4.39 Å². The number of halogens is 1. The van der Waals surface area contributed by atoms with E-state index in [0.29, 0.717) is 44.2 Å². The molecule has 11 heteroatoms. The Morgan fingerprint density at radius 2 is 1.79 bits per heavy atom. The quantitative estimate of drug-likeness (QED) is 0.292. The second kappa shape index (κ2) is 13.7. The molecule has 0 spiro atoms. The van der Waals surface area contributed by atoms with Gasteiger partial charge in [0.15, 0.2) is 5.65 Å². The Bertz CT molecular complexity index is 1660. The number of hydrogen-bond donors (Lipinski definition) is 1. The summed E-state index contributed by atoms with van der Waals surface area (Å²) in [6.45, 7) is 14.4. The molecule has 47 heavy (non-hydrogen) atoms. The first-order valence-electron chi connectivity index (χ1n) is 17.2. The number of fused-ring (bicyclic) bond motifs is 1. The van der Waals surface area contributed by atoms with E-state index in [-0.39, 0.29) is 55.3 Å². The molecule has 0 bridgehead atoms. The number of aromatic nitrogens is 3. The second-order valence-corrected chi connectivity index (χ2v) is 16.2. The maximum atomic E-state index is 15.7. The molecule has 2 atom stereocenters. The zero-order valence-corrected chi connectivity index (χ0v) is 29.2. The molecule has 3 saturated heterocycles.